The van der Waals surface area contributed by atoms with E-state index in [1.165, 1.54) is 26.0 Å². The molecule has 0 spiro atoms. The van der Waals surface area contributed by atoms with Gasteiger partial charge in [-0.1, -0.05) is 12.1 Å². The largest absolute Gasteiger partial charge is 0.491 e. The summed E-state index contributed by atoms with van der Waals surface area (Å²) in [5.41, 5.74) is -3.18. The molecule has 6 nitrogen and oxygen atoms in total. The van der Waals surface area contributed by atoms with Gasteiger partial charge in [0.25, 0.3) is 0 Å². The molecule has 1 saturated heterocycles. The summed E-state index contributed by atoms with van der Waals surface area (Å²) < 4.78 is 46.6. The number of hydrogen-bond acceptors (Lipinski definition) is 6. The lowest BCUT2D eigenvalue weighted by Crippen LogP contribution is -2.53. The second-order valence-electron chi connectivity index (χ2n) is 8.80. The van der Waals surface area contributed by atoms with Gasteiger partial charge in [-0.15, -0.1) is 0 Å². The van der Waals surface area contributed by atoms with Crippen LogP contribution >= 0.6 is 0 Å². The Kier molecular flexibility index (Phi) is 7.98. The molecular formula is C20H32BF3N2O4. The topological polar surface area (TPSA) is 76.4 Å². The van der Waals surface area contributed by atoms with E-state index in [2.05, 4.69) is 4.90 Å². The molecule has 1 aromatic carbocycles. The standard InChI is InChI=1S/C20H32BF3N2O4/c1-18(2,28)19(3,4)30-21(29)16-6-5-15(17(13-16)20(22,23)24)14-26-9-7-25(8-10-26)11-12-27/h5-6,13,27-29H,7-12,14H2,1-4H3. The van der Waals surface area contributed by atoms with Crippen LogP contribution < -0.4 is 5.46 Å². The first kappa shape index (κ1) is 25.1. The summed E-state index contributed by atoms with van der Waals surface area (Å²) in [5, 5.41) is 29.5. The van der Waals surface area contributed by atoms with Crippen molar-refractivity contribution in [1.29, 1.82) is 0 Å². The summed E-state index contributed by atoms with van der Waals surface area (Å²) >= 11 is 0. The molecule has 170 valence electrons. The van der Waals surface area contributed by atoms with E-state index in [-0.39, 0.29) is 24.2 Å². The highest BCUT2D eigenvalue weighted by Crippen LogP contribution is 2.32. The Labute approximate surface area is 176 Å². The van der Waals surface area contributed by atoms with Crippen LogP contribution in [-0.2, 0) is 17.4 Å². The van der Waals surface area contributed by atoms with Crippen molar-refractivity contribution < 1.29 is 33.1 Å². The molecule has 30 heavy (non-hydrogen) atoms. The van der Waals surface area contributed by atoms with Gasteiger partial charge in [0, 0.05) is 39.3 Å². The van der Waals surface area contributed by atoms with Gasteiger partial charge in [0.15, 0.2) is 0 Å². The Bertz CT molecular complexity index is 702. The minimum Gasteiger partial charge on any atom is -0.423 e. The molecule has 0 bridgehead atoms. The summed E-state index contributed by atoms with van der Waals surface area (Å²) in [6.07, 6.45) is -4.57. The molecule has 0 saturated carbocycles. The number of aliphatic hydroxyl groups is 2. The Balaban J connectivity index is 2.18. The molecular weight excluding hydrogens is 400 g/mol. The Morgan fingerprint density at radius 2 is 1.60 bits per heavy atom. The molecule has 0 amide bonds. The first-order valence-corrected chi connectivity index (χ1v) is 10.1. The molecule has 0 aromatic heterocycles. The first-order valence-electron chi connectivity index (χ1n) is 10.1. The van der Waals surface area contributed by atoms with Crippen molar-refractivity contribution in [3.05, 3.63) is 29.3 Å². The van der Waals surface area contributed by atoms with Crippen molar-refractivity contribution >= 4 is 12.6 Å². The van der Waals surface area contributed by atoms with Crippen LogP contribution in [0.5, 0.6) is 0 Å². The van der Waals surface area contributed by atoms with E-state index < -0.39 is 30.1 Å². The fourth-order valence-electron chi connectivity index (χ4n) is 3.19. The molecule has 1 heterocycles. The fourth-order valence-corrected chi connectivity index (χ4v) is 3.19. The smallest absolute Gasteiger partial charge is 0.423 e. The van der Waals surface area contributed by atoms with Gasteiger partial charge in [-0.25, -0.2) is 0 Å². The molecule has 1 aliphatic heterocycles. The van der Waals surface area contributed by atoms with Crippen LogP contribution in [0, 0.1) is 0 Å². The van der Waals surface area contributed by atoms with Gasteiger partial charge < -0.3 is 19.9 Å². The van der Waals surface area contributed by atoms with Gasteiger partial charge in [-0.05, 0) is 44.8 Å². The molecule has 0 radical (unpaired) electrons. The monoisotopic (exact) mass is 432 g/mol. The predicted molar refractivity (Wildman–Crippen MR) is 109 cm³/mol. The van der Waals surface area contributed by atoms with E-state index in [0.717, 1.165) is 6.07 Å². The van der Waals surface area contributed by atoms with Crippen molar-refractivity contribution in [2.45, 2.75) is 51.6 Å². The molecule has 0 aliphatic carbocycles. The van der Waals surface area contributed by atoms with Crippen molar-refractivity contribution in [3.63, 3.8) is 0 Å². The van der Waals surface area contributed by atoms with Gasteiger partial charge in [-0.2, -0.15) is 13.2 Å². The van der Waals surface area contributed by atoms with Crippen LogP contribution in [0.2, 0.25) is 0 Å². The highest BCUT2D eigenvalue weighted by atomic mass is 19.4. The van der Waals surface area contributed by atoms with Crippen molar-refractivity contribution in [2.24, 2.45) is 0 Å². The van der Waals surface area contributed by atoms with Crippen LogP contribution in [0.3, 0.4) is 0 Å². The van der Waals surface area contributed by atoms with Crippen LogP contribution in [0.25, 0.3) is 0 Å². The maximum atomic E-state index is 13.7. The van der Waals surface area contributed by atoms with Crippen LogP contribution in [0.15, 0.2) is 18.2 Å². The van der Waals surface area contributed by atoms with E-state index >= 15 is 0 Å². The van der Waals surface area contributed by atoms with E-state index in [1.54, 1.807) is 13.8 Å². The van der Waals surface area contributed by atoms with Crippen molar-refractivity contribution in [2.75, 3.05) is 39.3 Å². The number of piperazine rings is 1. The highest BCUT2D eigenvalue weighted by molar-refractivity contribution is 6.60. The van der Waals surface area contributed by atoms with Crippen molar-refractivity contribution in [3.8, 4) is 0 Å². The zero-order valence-electron chi connectivity index (χ0n) is 18.0. The summed E-state index contributed by atoms with van der Waals surface area (Å²) in [7, 11) is -1.61. The van der Waals surface area contributed by atoms with E-state index in [4.69, 9.17) is 9.76 Å². The fraction of sp³-hybridized carbons (Fsp3) is 0.700. The van der Waals surface area contributed by atoms with Gasteiger partial charge in [0.05, 0.1) is 23.4 Å². The third-order valence-corrected chi connectivity index (χ3v) is 5.88. The minimum absolute atomic E-state index is 0.0174. The van der Waals surface area contributed by atoms with Gasteiger partial charge in [-0.3, -0.25) is 9.80 Å². The van der Waals surface area contributed by atoms with Crippen LogP contribution in [0.4, 0.5) is 13.2 Å². The summed E-state index contributed by atoms with van der Waals surface area (Å²) in [4.78, 5) is 4.02. The first-order chi connectivity index (χ1) is 13.7. The van der Waals surface area contributed by atoms with Gasteiger partial charge >= 0.3 is 13.3 Å². The Morgan fingerprint density at radius 3 is 2.10 bits per heavy atom. The van der Waals surface area contributed by atoms with E-state index in [0.29, 0.717) is 32.7 Å². The van der Waals surface area contributed by atoms with Gasteiger partial charge in [0.2, 0.25) is 0 Å². The zero-order chi connectivity index (χ0) is 22.7. The third kappa shape index (κ3) is 6.42. The van der Waals surface area contributed by atoms with E-state index in [1.807, 2.05) is 4.90 Å². The SMILES string of the molecule is CC(C)(O)C(C)(C)OB(O)c1ccc(CN2CCN(CCO)CC2)c(C(F)(F)F)c1. The Morgan fingerprint density at radius 1 is 1.03 bits per heavy atom. The molecule has 2 rings (SSSR count). The lowest BCUT2D eigenvalue weighted by molar-refractivity contribution is -0.138. The second-order valence-corrected chi connectivity index (χ2v) is 8.80. The van der Waals surface area contributed by atoms with Crippen molar-refractivity contribution in [1.82, 2.24) is 9.80 Å². The number of β-amino-alcohol motifs (C(OH)–C–C–N with tert-alkyl or cyclic N) is 1. The number of halogens is 3. The average molecular weight is 432 g/mol. The maximum Gasteiger partial charge on any atom is 0.491 e. The van der Waals surface area contributed by atoms with Crippen LogP contribution in [-0.4, -0.2) is 82.7 Å². The number of hydrogen-bond donors (Lipinski definition) is 3. The van der Waals surface area contributed by atoms with E-state index in [9.17, 15) is 23.3 Å². The predicted octanol–water partition coefficient (Wildman–Crippen LogP) is 1.07. The molecule has 3 N–H and O–H groups in total. The lowest BCUT2D eigenvalue weighted by Gasteiger charge is -2.38. The zero-order valence-corrected chi connectivity index (χ0v) is 18.0. The van der Waals surface area contributed by atoms with Gasteiger partial charge in [0.1, 0.15) is 0 Å². The number of rotatable bonds is 8. The minimum atomic E-state index is -4.57. The highest BCUT2D eigenvalue weighted by Gasteiger charge is 2.41. The Hall–Kier alpha value is -1.17. The summed E-state index contributed by atoms with van der Waals surface area (Å²) in [6, 6.07) is 3.72. The lowest BCUT2D eigenvalue weighted by atomic mass is 9.75. The maximum absolute atomic E-state index is 13.7. The van der Waals surface area contributed by atoms with Crippen LogP contribution in [0.1, 0.15) is 38.8 Å². The molecule has 0 unspecified atom stereocenters. The number of benzene rings is 1. The molecule has 1 aromatic rings. The second kappa shape index (κ2) is 9.54. The average Bonchev–Trinajstić information content (AvgIpc) is 2.61. The third-order valence-electron chi connectivity index (χ3n) is 5.88. The molecule has 10 heteroatoms. The summed E-state index contributed by atoms with van der Waals surface area (Å²) in [6.45, 7) is 9.52. The molecule has 1 aliphatic rings. The molecule has 0 atom stereocenters. The number of alkyl halides is 3. The quantitative estimate of drug-likeness (QED) is 0.534. The molecule has 1 fully saturated rings. The number of nitrogens with zero attached hydrogens (tertiary/aromatic N) is 2. The normalized spacial score (nSPS) is 17.4. The summed E-state index contributed by atoms with van der Waals surface area (Å²) in [5.74, 6) is 0. The number of aliphatic hydroxyl groups excluding tert-OH is 1.